The highest BCUT2D eigenvalue weighted by atomic mass is 19.1. The zero-order chi connectivity index (χ0) is 25.1. The number of Topliss-reactive ketones (excluding diaryl/α,β-unsaturated/α-hetero) is 1. The molecule has 0 saturated carbocycles. The maximum absolute atomic E-state index is 13.4. The molecule has 1 fully saturated rings. The van der Waals surface area contributed by atoms with Gasteiger partial charge in [-0.1, -0.05) is 24.3 Å². The molecule has 0 radical (unpaired) electrons. The van der Waals surface area contributed by atoms with E-state index in [2.05, 4.69) is 4.90 Å². The molecule has 2 heterocycles. The highest BCUT2D eigenvalue weighted by Crippen LogP contribution is 2.23. The Morgan fingerprint density at radius 1 is 0.889 bits per heavy atom. The van der Waals surface area contributed by atoms with E-state index >= 15 is 0 Å². The van der Waals surface area contributed by atoms with Crippen LogP contribution in [0.4, 0.5) is 4.39 Å². The molecular formula is C29H30FN3O3. The number of hydrogen-bond acceptors (Lipinski definition) is 4. The molecule has 0 aliphatic carbocycles. The molecule has 7 heteroatoms. The van der Waals surface area contributed by atoms with Crippen LogP contribution in [0, 0.1) is 11.7 Å². The van der Waals surface area contributed by atoms with Gasteiger partial charge in [0.1, 0.15) is 11.6 Å². The minimum absolute atomic E-state index is 0.0200. The Morgan fingerprint density at radius 3 is 2.17 bits per heavy atom. The van der Waals surface area contributed by atoms with Gasteiger partial charge in [-0.25, -0.2) is 9.18 Å². The van der Waals surface area contributed by atoms with E-state index in [0.29, 0.717) is 18.7 Å². The minimum atomic E-state index is -0.332. The van der Waals surface area contributed by atoms with E-state index in [1.807, 2.05) is 57.7 Å². The molecule has 1 aromatic heterocycles. The third-order valence-electron chi connectivity index (χ3n) is 7.15. The molecule has 6 nitrogen and oxygen atoms in total. The lowest BCUT2D eigenvalue weighted by molar-refractivity contribution is 0.0837. The fraction of sp³-hybridized carbons (Fsp3) is 0.310. The first-order chi connectivity index (χ1) is 17.5. The molecule has 36 heavy (non-hydrogen) atoms. The number of likely N-dealkylation sites (tertiary alicyclic amines) is 1. The Hall–Kier alpha value is -3.71. The topological polar surface area (TPSA) is 56.5 Å². The van der Waals surface area contributed by atoms with Crippen molar-refractivity contribution in [2.45, 2.75) is 25.9 Å². The summed E-state index contributed by atoms with van der Waals surface area (Å²) in [6.45, 7) is 3.43. The molecule has 1 saturated heterocycles. The normalized spacial score (nSPS) is 14.8. The largest absolute Gasteiger partial charge is 0.497 e. The number of halogens is 1. The number of methoxy groups -OCH3 is 1. The third kappa shape index (κ3) is 4.97. The van der Waals surface area contributed by atoms with Crippen LogP contribution in [0.5, 0.6) is 5.75 Å². The number of fused-ring (bicyclic) bond motifs is 1. The van der Waals surface area contributed by atoms with Crippen molar-refractivity contribution >= 4 is 16.8 Å². The average molecular weight is 488 g/mol. The van der Waals surface area contributed by atoms with E-state index in [9.17, 15) is 14.0 Å². The SMILES string of the molecule is COc1ccc(Cn2c(=O)n(CCN3CCC(C(=O)c4ccc(F)cc4)CC3)c3ccccc32)cc1. The van der Waals surface area contributed by atoms with Gasteiger partial charge in [-0.15, -0.1) is 0 Å². The van der Waals surface area contributed by atoms with E-state index in [0.717, 1.165) is 54.8 Å². The first kappa shape index (κ1) is 24.0. The highest BCUT2D eigenvalue weighted by molar-refractivity contribution is 5.97. The first-order valence-corrected chi connectivity index (χ1v) is 12.4. The molecule has 0 spiro atoms. The van der Waals surface area contributed by atoms with E-state index < -0.39 is 0 Å². The van der Waals surface area contributed by atoms with Crippen molar-refractivity contribution in [2.24, 2.45) is 5.92 Å². The first-order valence-electron chi connectivity index (χ1n) is 12.4. The summed E-state index contributed by atoms with van der Waals surface area (Å²) in [5.41, 5.74) is 3.44. The summed E-state index contributed by atoms with van der Waals surface area (Å²) in [6.07, 6.45) is 1.54. The molecule has 186 valence electrons. The molecular weight excluding hydrogens is 457 g/mol. The predicted octanol–water partition coefficient (Wildman–Crippen LogP) is 4.59. The zero-order valence-corrected chi connectivity index (χ0v) is 20.4. The minimum Gasteiger partial charge on any atom is -0.497 e. The summed E-state index contributed by atoms with van der Waals surface area (Å²) in [7, 11) is 1.64. The molecule has 1 aliphatic heterocycles. The fourth-order valence-electron chi connectivity index (χ4n) is 5.06. The monoisotopic (exact) mass is 487 g/mol. The van der Waals surface area contributed by atoms with Crippen LogP contribution in [0.3, 0.4) is 0 Å². The van der Waals surface area contributed by atoms with Crippen LogP contribution in [0.2, 0.25) is 0 Å². The number of hydrogen-bond donors (Lipinski definition) is 0. The number of piperidine rings is 1. The number of carbonyl (C=O) groups is 1. The van der Waals surface area contributed by atoms with Crippen molar-refractivity contribution in [2.75, 3.05) is 26.7 Å². The fourth-order valence-corrected chi connectivity index (χ4v) is 5.06. The van der Waals surface area contributed by atoms with Crippen molar-refractivity contribution in [3.05, 3.63) is 100 Å². The molecule has 0 amide bonds. The number of nitrogens with zero attached hydrogens (tertiary/aromatic N) is 3. The van der Waals surface area contributed by atoms with Gasteiger partial charge in [-0.3, -0.25) is 13.9 Å². The lowest BCUT2D eigenvalue weighted by Crippen LogP contribution is -2.39. The summed E-state index contributed by atoms with van der Waals surface area (Å²) in [4.78, 5) is 28.5. The van der Waals surface area contributed by atoms with Crippen molar-refractivity contribution in [1.82, 2.24) is 14.0 Å². The Labute approximate surface area is 209 Å². The highest BCUT2D eigenvalue weighted by Gasteiger charge is 2.26. The molecule has 4 aromatic rings. The number of para-hydroxylation sites is 2. The number of rotatable bonds is 8. The van der Waals surface area contributed by atoms with Crippen molar-refractivity contribution in [1.29, 1.82) is 0 Å². The predicted molar refractivity (Wildman–Crippen MR) is 138 cm³/mol. The van der Waals surface area contributed by atoms with Crippen LogP contribution in [0.25, 0.3) is 11.0 Å². The second kappa shape index (κ2) is 10.5. The second-order valence-corrected chi connectivity index (χ2v) is 9.34. The van der Waals surface area contributed by atoms with Gasteiger partial charge < -0.3 is 9.64 Å². The van der Waals surface area contributed by atoms with Crippen molar-refractivity contribution in [3.63, 3.8) is 0 Å². The summed E-state index contributed by atoms with van der Waals surface area (Å²) in [6, 6.07) is 21.5. The number of carbonyl (C=O) groups excluding carboxylic acids is 1. The second-order valence-electron chi connectivity index (χ2n) is 9.34. The van der Waals surface area contributed by atoms with Gasteiger partial charge in [0.05, 0.1) is 24.7 Å². The van der Waals surface area contributed by atoms with Gasteiger partial charge in [0.15, 0.2) is 5.78 Å². The van der Waals surface area contributed by atoms with Gasteiger partial charge in [-0.05, 0) is 80.0 Å². The quantitative estimate of drug-likeness (QED) is 0.341. The number of benzene rings is 3. The molecule has 5 rings (SSSR count). The average Bonchev–Trinajstić information content (AvgIpc) is 3.18. The Morgan fingerprint density at radius 2 is 1.53 bits per heavy atom. The Balaban J connectivity index is 1.25. The number of aromatic nitrogens is 2. The van der Waals surface area contributed by atoms with Crippen LogP contribution in [0.15, 0.2) is 77.6 Å². The smallest absolute Gasteiger partial charge is 0.329 e. The molecule has 3 aromatic carbocycles. The molecule has 0 atom stereocenters. The lowest BCUT2D eigenvalue weighted by atomic mass is 9.89. The van der Waals surface area contributed by atoms with Gasteiger partial charge in [0, 0.05) is 24.6 Å². The summed E-state index contributed by atoms with van der Waals surface area (Å²) < 4.78 is 22.1. The maximum atomic E-state index is 13.4. The molecule has 0 unspecified atom stereocenters. The third-order valence-corrected chi connectivity index (χ3v) is 7.15. The van der Waals surface area contributed by atoms with Crippen LogP contribution in [0.1, 0.15) is 28.8 Å². The van der Waals surface area contributed by atoms with Gasteiger partial charge >= 0.3 is 5.69 Å². The van der Waals surface area contributed by atoms with E-state index in [-0.39, 0.29) is 23.2 Å². The van der Waals surface area contributed by atoms with E-state index in [1.54, 1.807) is 19.2 Å². The van der Waals surface area contributed by atoms with E-state index in [1.165, 1.54) is 12.1 Å². The Bertz CT molecular complexity index is 1400. The number of ether oxygens (including phenoxy) is 1. The number of imidazole rings is 1. The van der Waals surface area contributed by atoms with Crippen molar-refractivity contribution < 1.29 is 13.9 Å². The Kier molecular flexibility index (Phi) is 7.00. The van der Waals surface area contributed by atoms with Crippen LogP contribution in [-0.4, -0.2) is 46.6 Å². The van der Waals surface area contributed by atoms with E-state index in [4.69, 9.17) is 4.74 Å². The van der Waals surface area contributed by atoms with Gasteiger partial charge in [0.25, 0.3) is 0 Å². The standard InChI is InChI=1S/C29H30FN3O3/c1-36-25-12-6-21(7-13-25)20-33-27-5-3-2-4-26(27)32(29(33)35)19-18-31-16-14-23(15-17-31)28(34)22-8-10-24(30)11-9-22/h2-13,23H,14-20H2,1H3. The van der Waals surface area contributed by atoms with Gasteiger partial charge in [-0.2, -0.15) is 0 Å². The van der Waals surface area contributed by atoms with Crippen molar-refractivity contribution in [3.8, 4) is 5.75 Å². The molecule has 1 aliphatic rings. The molecule has 0 bridgehead atoms. The maximum Gasteiger partial charge on any atom is 0.329 e. The summed E-state index contributed by atoms with van der Waals surface area (Å²) in [5, 5.41) is 0. The van der Waals surface area contributed by atoms with Crippen LogP contribution >= 0.6 is 0 Å². The van der Waals surface area contributed by atoms with Crippen LogP contribution < -0.4 is 10.4 Å². The molecule has 0 N–H and O–H groups in total. The van der Waals surface area contributed by atoms with Crippen LogP contribution in [-0.2, 0) is 13.1 Å². The number of ketones is 1. The lowest BCUT2D eigenvalue weighted by Gasteiger charge is -2.31. The summed E-state index contributed by atoms with van der Waals surface area (Å²) in [5.74, 6) is 0.506. The van der Waals surface area contributed by atoms with Gasteiger partial charge in [0.2, 0.25) is 0 Å². The zero-order valence-electron chi connectivity index (χ0n) is 20.4. The summed E-state index contributed by atoms with van der Waals surface area (Å²) >= 11 is 0.